The Morgan fingerprint density at radius 3 is 2.66 bits per heavy atom. The second-order valence-corrected chi connectivity index (χ2v) is 10.1. The fourth-order valence-electron chi connectivity index (χ4n) is 6.05. The number of aliphatic carboxylic acids is 1. The second-order valence-electron chi connectivity index (χ2n) is 10.1. The summed E-state index contributed by atoms with van der Waals surface area (Å²) < 4.78 is 26.6. The summed E-state index contributed by atoms with van der Waals surface area (Å²) in [4.78, 5) is 31.0. The predicted octanol–water partition coefficient (Wildman–Crippen LogP) is 4.99. The maximum absolute atomic E-state index is 14.3. The number of aromatic nitrogens is 2. The molecule has 0 radical (unpaired) electrons. The summed E-state index contributed by atoms with van der Waals surface area (Å²) >= 11 is 0. The van der Waals surface area contributed by atoms with Gasteiger partial charge in [0.15, 0.2) is 0 Å². The van der Waals surface area contributed by atoms with Gasteiger partial charge in [0, 0.05) is 23.2 Å². The van der Waals surface area contributed by atoms with Crippen LogP contribution >= 0.6 is 0 Å². The highest BCUT2D eigenvalue weighted by Gasteiger charge is 2.36. The van der Waals surface area contributed by atoms with Gasteiger partial charge in [-0.2, -0.15) is 0 Å². The van der Waals surface area contributed by atoms with Gasteiger partial charge < -0.3 is 24.3 Å². The molecule has 5 rings (SSSR count). The number of imidazole rings is 1. The molecular weight excluding hydrogens is 493 g/mol. The Balaban J connectivity index is 1.72. The lowest BCUT2D eigenvalue weighted by atomic mass is 9.85. The molecule has 2 aliphatic rings. The molecule has 10 heteroatoms. The van der Waals surface area contributed by atoms with E-state index in [-0.39, 0.29) is 23.5 Å². The number of carboxylic acid groups (broad SMARTS) is 1. The zero-order valence-corrected chi connectivity index (χ0v) is 21.7. The molecule has 2 N–H and O–H groups in total. The van der Waals surface area contributed by atoms with Gasteiger partial charge in [-0.3, -0.25) is 9.69 Å². The van der Waals surface area contributed by atoms with E-state index in [9.17, 15) is 24.2 Å². The molecule has 1 aliphatic carbocycles. The first-order valence-corrected chi connectivity index (χ1v) is 12.9. The molecule has 0 saturated heterocycles. The van der Waals surface area contributed by atoms with E-state index in [1.807, 2.05) is 23.6 Å². The van der Waals surface area contributed by atoms with Gasteiger partial charge in [0.2, 0.25) is 0 Å². The van der Waals surface area contributed by atoms with Crippen LogP contribution in [0.1, 0.15) is 68.1 Å². The lowest BCUT2D eigenvalue weighted by molar-refractivity contribution is -0.143. The Kier molecular flexibility index (Phi) is 7.00. The molecule has 0 bridgehead atoms. The van der Waals surface area contributed by atoms with Crippen LogP contribution in [0.4, 0.5) is 14.9 Å². The third kappa shape index (κ3) is 4.36. The number of amides is 1. The minimum atomic E-state index is -1.33. The standard InChI is InChI=1S/C28H32FN3O6/c1-15-7-9-19-21(31(15)28(36)38-3)10-11-22-24(19)30-26(25(33)20-14-17(29)8-12-23(20)37-2)32(22)18-6-4-5-16(13-18)27(34)35/h8,10-12,14-16,18,25,33H,4-7,9,13H2,1-3H3,(H,34,35)/t15?,16-,18+,25-/m0/s1. The van der Waals surface area contributed by atoms with Crippen molar-refractivity contribution >= 4 is 28.8 Å². The monoisotopic (exact) mass is 525 g/mol. The number of carboxylic acids is 1. The average Bonchev–Trinajstić information content (AvgIpc) is 3.32. The Hall–Kier alpha value is -3.66. The van der Waals surface area contributed by atoms with E-state index in [4.69, 9.17) is 14.5 Å². The topological polar surface area (TPSA) is 114 Å². The van der Waals surface area contributed by atoms with Gasteiger partial charge in [-0.1, -0.05) is 6.42 Å². The van der Waals surface area contributed by atoms with E-state index < -0.39 is 29.9 Å². The van der Waals surface area contributed by atoms with Crippen LogP contribution in [0.15, 0.2) is 30.3 Å². The fourth-order valence-corrected chi connectivity index (χ4v) is 6.05. The van der Waals surface area contributed by atoms with Crippen LogP contribution < -0.4 is 9.64 Å². The van der Waals surface area contributed by atoms with Gasteiger partial charge in [0.05, 0.1) is 36.9 Å². The van der Waals surface area contributed by atoms with Crippen LogP contribution in [-0.2, 0) is 16.0 Å². The van der Waals surface area contributed by atoms with Crippen LogP contribution in [0, 0.1) is 11.7 Å². The molecule has 4 atom stereocenters. The maximum atomic E-state index is 14.3. The normalized spacial score (nSPS) is 22.1. The molecule has 1 amide bonds. The van der Waals surface area contributed by atoms with Crippen LogP contribution in [-0.4, -0.2) is 52.1 Å². The van der Waals surface area contributed by atoms with Crippen molar-refractivity contribution in [3.05, 3.63) is 53.1 Å². The van der Waals surface area contributed by atoms with Gasteiger partial charge in [0.25, 0.3) is 0 Å². The van der Waals surface area contributed by atoms with Crippen molar-refractivity contribution in [1.82, 2.24) is 9.55 Å². The van der Waals surface area contributed by atoms with E-state index in [0.717, 1.165) is 23.9 Å². The first kappa shape index (κ1) is 26.0. The lowest BCUT2D eigenvalue weighted by Crippen LogP contribution is -2.42. The zero-order chi connectivity index (χ0) is 27.1. The molecule has 9 nitrogen and oxygen atoms in total. The van der Waals surface area contributed by atoms with E-state index >= 15 is 0 Å². The molecule has 1 fully saturated rings. The highest BCUT2D eigenvalue weighted by atomic mass is 19.1. The number of hydrogen-bond donors (Lipinski definition) is 2. The van der Waals surface area contributed by atoms with Crippen molar-refractivity contribution in [2.24, 2.45) is 5.92 Å². The van der Waals surface area contributed by atoms with Crippen molar-refractivity contribution < 1.29 is 33.7 Å². The largest absolute Gasteiger partial charge is 0.496 e. The lowest BCUT2D eigenvalue weighted by Gasteiger charge is -2.34. The van der Waals surface area contributed by atoms with Crippen molar-refractivity contribution in [3.8, 4) is 5.75 Å². The maximum Gasteiger partial charge on any atom is 0.414 e. The number of methoxy groups -OCH3 is 2. The van der Waals surface area contributed by atoms with Crippen LogP contribution in [0.25, 0.3) is 11.0 Å². The van der Waals surface area contributed by atoms with E-state index in [2.05, 4.69) is 0 Å². The number of carbonyl (C=O) groups excluding carboxylic acids is 1. The van der Waals surface area contributed by atoms with Gasteiger partial charge in [0.1, 0.15) is 23.5 Å². The first-order valence-electron chi connectivity index (χ1n) is 12.9. The number of aliphatic hydroxyl groups excluding tert-OH is 1. The number of halogens is 1. The number of hydrogen-bond acceptors (Lipinski definition) is 6. The molecule has 1 aliphatic heterocycles. The highest BCUT2D eigenvalue weighted by Crippen LogP contribution is 2.43. The molecule has 38 heavy (non-hydrogen) atoms. The summed E-state index contributed by atoms with van der Waals surface area (Å²) in [5, 5.41) is 21.3. The molecule has 2 heterocycles. The molecule has 1 saturated carbocycles. The van der Waals surface area contributed by atoms with Crippen molar-refractivity contribution in [1.29, 1.82) is 0 Å². The SMILES string of the molecule is COC(=O)N1c2ccc3c(nc([C@@H](O)c4cc(F)ccc4OC)n3[C@@H]3CCC[C@H](C(=O)O)C3)c2CCC1C. The summed E-state index contributed by atoms with van der Waals surface area (Å²) in [7, 11) is 2.79. The van der Waals surface area contributed by atoms with E-state index in [1.165, 1.54) is 32.4 Å². The van der Waals surface area contributed by atoms with Gasteiger partial charge >= 0.3 is 12.1 Å². The summed E-state index contributed by atoms with van der Waals surface area (Å²) in [6.07, 6.45) is 2.01. The number of aliphatic hydroxyl groups is 1. The molecule has 1 unspecified atom stereocenters. The Morgan fingerprint density at radius 1 is 1.16 bits per heavy atom. The summed E-state index contributed by atoms with van der Waals surface area (Å²) in [6.45, 7) is 1.96. The second kappa shape index (κ2) is 10.2. The summed E-state index contributed by atoms with van der Waals surface area (Å²) in [5.74, 6) is -1.26. The number of rotatable bonds is 5. The zero-order valence-electron chi connectivity index (χ0n) is 21.7. The Morgan fingerprint density at radius 2 is 1.95 bits per heavy atom. The van der Waals surface area contributed by atoms with Crippen LogP contribution in [0.3, 0.4) is 0 Å². The molecule has 202 valence electrons. The minimum Gasteiger partial charge on any atom is -0.496 e. The van der Waals surface area contributed by atoms with Crippen molar-refractivity contribution in [2.45, 2.75) is 63.6 Å². The smallest absolute Gasteiger partial charge is 0.414 e. The summed E-state index contributed by atoms with van der Waals surface area (Å²) in [5.41, 5.74) is 3.15. The highest BCUT2D eigenvalue weighted by molar-refractivity contribution is 5.95. The number of nitrogens with zero attached hydrogens (tertiary/aromatic N) is 3. The predicted molar refractivity (Wildman–Crippen MR) is 138 cm³/mol. The van der Waals surface area contributed by atoms with Crippen molar-refractivity contribution in [2.75, 3.05) is 19.1 Å². The third-order valence-electron chi connectivity index (χ3n) is 7.94. The molecular formula is C28H32FN3O6. The molecule has 2 aromatic carbocycles. The van der Waals surface area contributed by atoms with Crippen molar-refractivity contribution in [3.63, 3.8) is 0 Å². The van der Waals surface area contributed by atoms with Gasteiger partial charge in [-0.25, -0.2) is 14.2 Å². The van der Waals surface area contributed by atoms with E-state index in [0.29, 0.717) is 42.6 Å². The Bertz CT molecular complexity index is 1390. The third-order valence-corrected chi connectivity index (χ3v) is 7.94. The molecule has 0 spiro atoms. The van der Waals surface area contributed by atoms with Crippen LogP contribution in [0.2, 0.25) is 0 Å². The average molecular weight is 526 g/mol. The number of ether oxygens (including phenoxy) is 2. The Labute approximate surface area is 219 Å². The first-order chi connectivity index (χ1) is 18.2. The van der Waals surface area contributed by atoms with Gasteiger partial charge in [-0.15, -0.1) is 0 Å². The number of fused-ring (bicyclic) bond motifs is 3. The van der Waals surface area contributed by atoms with Gasteiger partial charge in [-0.05, 0) is 69.4 Å². The van der Waals surface area contributed by atoms with E-state index in [1.54, 1.807) is 4.90 Å². The molecule has 1 aromatic heterocycles. The number of anilines is 1. The number of benzene rings is 2. The molecule has 3 aromatic rings. The fraction of sp³-hybridized carbons (Fsp3) is 0.464. The van der Waals surface area contributed by atoms with Crippen LogP contribution in [0.5, 0.6) is 5.75 Å². The number of aryl methyl sites for hydroxylation is 1. The quantitative estimate of drug-likeness (QED) is 0.482. The number of carbonyl (C=O) groups is 2. The minimum absolute atomic E-state index is 0.0641. The summed E-state index contributed by atoms with van der Waals surface area (Å²) in [6, 6.07) is 7.37.